The molecule has 0 spiro atoms. The first-order chi connectivity index (χ1) is 12.8. The van der Waals surface area contributed by atoms with Gasteiger partial charge in [0.1, 0.15) is 0 Å². The van der Waals surface area contributed by atoms with E-state index in [0.717, 1.165) is 44.6 Å². The third kappa shape index (κ3) is 5.16. The maximum Gasteiger partial charge on any atom is 0.251 e. The predicted octanol–water partition coefficient (Wildman–Crippen LogP) is 3.44. The van der Waals surface area contributed by atoms with E-state index in [4.69, 9.17) is 4.74 Å². The van der Waals surface area contributed by atoms with Gasteiger partial charge in [0.2, 0.25) is 0 Å². The van der Waals surface area contributed by atoms with Gasteiger partial charge in [-0.05, 0) is 36.1 Å². The van der Waals surface area contributed by atoms with Crippen molar-refractivity contribution < 1.29 is 9.53 Å². The van der Waals surface area contributed by atoms with Crippen molar-refractivity contribution in [3.8, 4) is 0 Å². The SMILES string of the molecule is CCc1ccc(C(=O)NCCCN2CCO[C@H](c3ccccc3)C2)cc1. The predicted molar refractivity (Wildman–Crippen MR) is 104 cm³/mol. The lowest BCUT2D eigenvalue weighted by atomic mass is 10.1. The highest BCUT2D eigenvalue weighted by Crippen LogP contribution is 2.21. The van der Waals surface area contributed by atoms with Crippen molar-refractivity contribution in [1.29, 1.82) is 0 Å². The molecule has 138 valence electrons. The van der Waals surface area contributed by atoms with Gasteiger partial charge in [-0.1, -0.05) is 49.4 Å². The average molecular weight is 352 g/mol. The second-order valence-corrected chi connectivity index (χ2v) is 6.73. The molecule has 4 heteroatoms. The minimum atomic E-state index is 0.0109. The summed E-state index contributed by atoms with van der Waals surface area (Å²) in [5.74, 6) is 0.0109. The summed E-state index contributed by atoms with van der Waals surface area (Å²) in [7, 11) is 0. The molecule has 1 fully saturated rings. The summed E-state index contributed by atoms with van der Waals surface area (Å²) in [6, 6.07) is 18.2. The molecule has 0 aliphatic carbocycles. The monoisotopic (exact) mass is 352 g/mol. The van der Waals surface area contributed by atoms with Crippen LogP contribution in [0, 0.1) is 0 Å². The van der Waals surface area contributed by atoms with Crippen molar-refractivity contribution in [2.24, 2.45) is 0 Å². The van der Waals surface area contributed by atoms with Gasteiger partial charge < -0.3 is 10.1 Å². The molecule has 4 nitrogen and oxygen atoms in total. The average Bonchev–Trinajstić information content (AvgIpc) is 2.72. The number of nitrogens with one attached hydrogen (secondary N) is 1. The highest BCUT2D eigenvalue weighted by atomic mass is 16.5. The molecule has 1 amide bonds. The van der Waals surface area contributed by atoms with Gasteiger partial charge in [-0.2, -0.15) is 0 Å². The zero-order valence-corrected chi connectivity index (χ0v) is 15.5. The van der Waals surface area contributed by atoms with Crippen LogP contribution in [0.1, 0.15) is 40.9 Å². The summed E-state index contributed by atoms with van der Waals surface area (Å²) in [5, 5.41) is 3.02. The zero-order valence-electron chi connectivity index (χ0n) is 15.5. The van der Waals surface area contributed by atoms with E-state index in [0.29, 0.717) is 6.54 Å². The van der Waals surface area contributed by atoms with Crippen LogP contribution in [0.3, 0.4) is 0 Å². The van der Waals surface area contributed by atoms with Crippen LogP contribution in [0.15, 0.2) is 54.6 Å². The number of carbonyl (C=O) groups is 1. The fraction of sp³-hybridized carbons (Fsp3) is 0.409. The van der Waals surface area contributed by atoms with E-state index in [1.807, 2.05) is 30.3 Å². The van der Waals surface area contributed by atoms with Gasteiger partial charge in [0.05, 0.1) is 12.7 Å². The molecule has 0 unspecified atom stereocenters. The molecule has 3 rings (SSSR count). The molecule has 1 N–H and O–H groups in total. The Morgan fingerprint density at radius 3 is 2.65 bits per heavy atom. The number of carbonyl (C=O) groups excluding carboxylic acids is 1. The van der Waals surface area contributed by atoms with Crippen molar-refractivity contribution in [2.75, 3.05) is 32.8 Å². The molecule has 0 saturated carbocycles. The van der Waals surface area contributed by atoms with Crippen molar-refractivity contribution in [3.05, 3.63) is 71.3 Å². The number of nitrogens with zero attached hydrogens (tertiary/aromatic N) is 1. The Morgan fingerprint density at radius 2 is 1.92 bits per heavy atom. The highest BCUT2D eigenvalue weighted by molar-refractivity contribution is 5.94. The molecule has 1 atom stereocenters. The normalized spacial score (nSPS) is 17.8. The van der Waals surface area contributed by atoms with E-state index in [1.165, 1.54) is 11.1 Å². The van der Waals surface area contributed by atoms with Crippen LogP contribution in [-0.4, -0.2) is 43.6 Å². The maximum atomic E-state index is 12.2. The molecule has 0 bridgehead atoms. The van der Waals surface area contributed by atoms with Crippen LogP contribution in [-0.2, 0) is 11.2 Å². The topological polar surface area (TPSA) is 41.6 Å². The lowest BCUT2D eigenvalue weighted by Crippen LogP contribution is -2.39. The fourth-order valence-corrected chi connectivity index (χ4v) is 3.27. The van der Waals surface area contributed by atoms with E-state index in [9.17, 15) is 4.79 Å². The molecule has 1 heterocycles. The molecule has 1 aliphatic rings. The van der Waals surface area contributed by atoms with Gasteiger partial charge >= 0.3 is 0 Å². The van der Waals surface area contributed by atoms with E-state index < -0.39 is 0 Å². The molecule has 0 aromatic heterocycles. The quantitative estimate of drug-likeness (QED) is 0.776. The smallest absolute Gasteiger partial charge is 0.251 e. The van der Waals surface area contributed by atoms with Crippen molar-refractivity contribution >= 4 is 5.91 Å². The van der Waals surface area contributed by atoms with Gasteiger partial charge in [0, 0.05) is 31.7 Å². The van der Waals surface area contributed by atoms with Crippen LogP contribution in [0.4, 0.5) is 0 Å². The first-order valence-electron chi connectivity index (χ1n) is 9.52. The lowest BCUT2D eigenvalue weighted by Gasteiger charge is -2.33. The largest absolute Gasteiger partial charge is 0.371 e. The summed E-state index contributed by atoms with van der Waals surface area (Å²) >= 11 is 0. The van der Waals surface area contributed by atoms with Gasteiger partial charge in [0.15, 0.2) is 0 Å². The minimum Gasteiger partial charge on any atom is -0.371 e. The Labute approximate surface area is 156 Å². The summed E-state index contributed by atoms with van der Waals surface area (Å²) in [4.78, 5) is 14.6. The number of amides is 1. The highest BCUT2D eigenvalue weighted by Gasteiger charge is 2.21. The molecule has 0 radical (unpaired) electrons. The summed E-state index contributed by atoms with van der Waals surface area (Å²) in [6.07, 6.45) is 2.09. The zero-order chi connectivity index (χ0) is 18.2. The first kappa shape index (κ1) is 18.6. The fourth-order valence-electron chi connectivity index (χ4n) is 3.27. The summed E-state index contributed by atoms with van der Waals surface area (Å²) in [5.41, 5.74) is 3.22. The number of aryl methyl sites for hydroxylation is 1. The Bertz CT molecular complexity index is 685. The molecular weight excluding hydrogens is 324 g/mol. The molecule has 1 saturated heterocycles. The first-order valence-corrected chi connectivity index (χ1v) is 9.52. The number of rotatable bonds is 7. The van der Waals surface area contributed by atoms with Crippen molar-refractivity contribution in [1.82, 2.24) is 10.2 Å². The number of benzene rings is 2. The molecular formula is C22H28N2O2. The number of hydrogen-bond acceptors (Lipinski definition) is 3. The summed E-state index contributed by atoms with van der Waals surface area (Å²) < 4.78 is 5.90. The molecule has 2 aromatic carbocycles. The van der Waals surface area contributed by atoms with Gasteiger partial charge in [-0.3, -0.25) is 9.69 Å². The molecule has 2 aromatic rings. The van der Waals surface area contributed by atoms with Gasteiger partial charge in [-0.25, -0.2) is 0 Å². The van der Waals surface area contributed by atoms with Crippen LogP contribution in [0.25, 0.3) is 0 Å². The van der Waals surface area contributed by atoms with E-state index in [-0.39, 0.29) is 12.0 Å². The number of ether oxygens (including phenoxy) is 1. The Hall–Kier alpha value is -2.17. The van der Waals surface area contributed by atoms with E-state index >= 15 is 0 Å². The van der Waals surface area contributed by atoms with Crippen molar-refractivity contribution in [3.63, 3.8) is 0 Å². The van der Waals surface area contributed by atoms with Gasteiger partial charge in [-0.15, -0.1) is 0 Å². The van der Waals surface area contributed by atoms with E-state index in [2.05, 4.69) is 41.4 Å². The van der Waals surface area contributed by atoms with E-state index in [1.54, 1.807) is 0 Å². The molecule has 1 aliphatic heterocycles. The van der Waals surface area contributed by atoms with Crippen LogP contribution >= 0.6 is 0 Å². The van der Waals surface area contributed by atoms with Crippen LogP contribution in [0.2, 0.25) is 0 Å². The van der Waals surface area contributed by atoms with Gasteiger partial charge in [0.25, 0.3) is 5.91 Å². The lowest BCUT2D eigenvalue weighted by molar-refractivity contribution is -0.0301. The molecule has 26 heavy (non-hydrogen) atoms. The Kier molecular flexibility index (Phi) is 6.81. The second kappa shape index (κ2) is 9.51. The Morgan fingerprint density at radius 1 is 1.15 bits per heavy atom. The standard InChI is InChI=1S/C22H28N2O2/c1-2-18-9-11-20(12-10-18)22(25)23-13-6-14-24-15-16-26-21(17-24)19-7-4-3-5-8-19/h3-5,7-12,21H,2,6,13-17H2,1H3,(H,23,25)/t21-/m0/s1. The number of hydrogen-bond donors (Lipinski definition) is 1. The Balaban J connectivity index is 1.39. The number of morpholine rings is 1. The minimum absolute atomic E-state index is 0.0109. The van der Waals surface area contributed by atoms with Crippen molar-refractivity contribution in [2.45, 2.75) is 25.9 Å². The second-order valence-electron chi connectivity index (χ2n) is 6.73. The third-order valence-corrected chi connectivity index (χ3v) is 4.88. The third-order valence-electron chi connectivity index (χ3n) is 4.88. The maximum absolute atomic E-state index is 12.2. The van der Waals surface area contributed by atoms with Crippen LogP contribution < -0.4 is 5.32 Å². The van der Waals surface area contributed by atoms with Crippen LogP contribution in [0.5, 0.6) is 0 Å². The summed E-state index contributed by atoms with van der Waals surface area (Å²) in [6.45, 7) is 6.41.